The third-order valence-electron chi connectivity index (χ3n) is 4.43. The number of rotatable bonds is 3. The van der Waals surface area contributed by atoms with E-state index in [9.17, 15) is 13.2 Å². The average molecular weight is 339 g/mol. The fourth-order valence-corrected chi connectivity index (χ4v) is 4.42. The van der Waals surface area contributed by atoms with Crippen molar-refractivity contribution in [2.45, 2.75) is 45.1 Å². The number of nitrogens with two attached hydrogens (primary N) is 1. The van der Waals surface area contributed by atoms with E-state index in [1.807, 2.05) is 20.8 Å². The van der Waals surface area contributed by atoms with Crippen LogP contribution in [0.5, 0.6) is 0 Å². The number of hydrogen-bond acceptors (Lipinski definition) is 4. The number of benzene rings is 1. The summed E-state index contributed by atoms with van der Waals surface area (Å²) in [5.41, 5.74) is 7.16. The van der Waals surface area contributed by atoms with Crippen molar-refractivity contribution in [3.63, 3.8) is 0 Å². The van der Waals surface area contributed by atoms with Gasteiger partial charge in [-0.2, -0.15) is 4.31 Å². The number of anilines is 1. The first-order valence-electron chi connectivity index (χ1n) is 7.68. The highest BCUT2D eigenvalue weighted by Gasteiger charge is 2.38. The zero-order valence-electron chi connectivity index (χ0n) is 14.1. The van der Waals surface area contributed by atoms with E-state index in [0.717, 1.165) is 5.56 Å². The van der Waals surface area contributed by atoms with Crippen LogP contribution in [0.25, 0.3) is 0 Å². The maximum Gasteiger partial charge on any atom is 0.243 e. The number of sulfonamides is 1. The standard InChI is InChI=1S/C16H25N3O3S/c1-11-5-6-13(9-14(11)18-12(2)20)23(21,22)19-8-7-15(17)16(3,4)10-19/h5-6,9,15H,7-8,10,17H2,1-4H3,(H,18,20). The molecule has 1 amide bonds. The molecule has 1 heterocycles. The highest BCUT2D eigenvalue weighted by atomic mass is 32.2. The molecule has 6 nitrogen and oxygen atoms in total. The number of hydrogen-bond donors (Lipinski definition) is 2. The monoisotopic (exact) mass is 339 g/mol. The van der Waals surface area contributed by atoms with Crippen LogP contribution in [-0.4, -0.2) is 37.8 Å². The molecule has 2 rings (SSSR count). The van der Waals surface area contributed by atoms with Crippen LogP contribution in [0.2, 0.25) is 0 Å². The number of nitrogens with zero attached hydrogens (tertiary/aromatic N) is 1. The van der Waals surface area contributed by atoms with Gasteiger partial charge in [-0.05, 0) is 36.5 Å². The number of amides is 1. The first-order valence-corrected chi connectivity index (χ1v) is 9.12. The van der Waals surface area contributed by atoms with Crippen LogP contribution in [0.15, 0.2) is 23.1 Å². The van der Waals surface area contributed by atoms with E-state index >= 15 is 0 Å². The van der Waals surface area contributed by atoms with Crippen molar-refractivity contribution in [3.05, 3.63) is 23.8 Å². The summed E-state index contributed by atoms with van der Waals surface area (Å²) in [6, 6.07) is 4.80. The van der Waals surface area contributed by atoms with Gasteiger partial charge in [-0.15, -0.1) is 0 Å². The maximum absolute atomic E-state index is 12.9. The summed E-state index contributed by atoms with van der Waals surface area (Å²) < 4.78 is 27.3. The fourth-order valence-electron chi connectivity index (χ4n) is 2.76. The predicted octanol–water partition coefficient (Wildman–Crippen LogP) is 1.70. The zero-order valence-corrected chi connectivity index (χ0v) is 14.9. The molecule has 1 aromatic carbocycles. The number of carbonyl (C=O) groups excluding carboxylic acids is 1. The van der Waals surface area contributed by atoms with E-state index in [1.165, 1.54) is 17.3 Å². The van der Waals surface area contributed by atoms with Crippen molar-refractivity contribution in [1.82, 2.24) is 4.31 Å². The molecule has 1 saturated heterocycles. The molecule has 0 saturated carbocycles. The summed E-state index contributed by atoms with van der Waals surface area (Å²) in [5.74, 6) is -0.229. The molecule has 0 aromatic heterocycles. The smallest absolute Gasteiger partial charge is 0.243 e. The van der Waals surface area contributed by atoms with Gasteiger partial charge in [0.05, 0.1) is 4.90 Å². The molecule has 0 bridgehead atoms. The third-order valence-corrected chi connectivity index (χ3v) is 6.28. The lowest BCUT2D eigenvalue weighted by Gasteiger charge is -2.41. The van der Waals surface area contributed by atoms with E-state index < -0.39 is 10.0 Å². The van der Waals surface area contributed by atoms with Crippen molar-refractivity contribution < 1.29 is 13.2 Å². The summed E-state index contributed by atoms with van der Waals surface area (Å²) in [6.07, 6.45) is 0.636. The van der Waals surface area contributed by atoms with Crippen LogP contribution in [0.1, 0.15) is 32.8 Å². The molecular weight excluding hydrogens is 314 g/mol. The Labute approximate surface area is 138 Å². The first-order chi connectivity index (χ1) is 10.5. The van der Waals surface area contributed by atoms with Crippen LogP contribution in [0.3, 0.4) is 0 Å². The zero-order chi connectivity index (χ0) is 17.4. The molecule has 0 spiro atoms. The van der Waals surface area contributed by atoms with Gasteiger partial charge in [0.25, 0.3) is 0 Å². The van der Waals surface area contributed by atoms with Crippen molar-refractivity contribution in [2.24, 2.45) is 11.1 Å². The van der Waals surface area contributed by atoms with Crippen LogP contribution in [0, 0.1) is 12.3 Å². The van der Waals surface area contributed by atoms with Crippen molar-refractivity contribution in [3.8, 4) is 0 Å². The maximum atomic E-state index is 12.9. The second-order valence-electron chi connectivity index (χ2n) is 6.88. The van der Waals surface area contributed by atoms with Crippen LogP contribution >= 0.6 is 0 Å². The first kappa shape index (κ1) is 17.9. The summed E-state index contributed by atoms with van der Waals surface area (Å²) in [4.78, 5) is 11.5. The summed E-state index contributed by atoms with van der Waals surface area (Å²) in [6.45, 7) is 7.99. The summed E-state index contributed by atoms with van der Waals surface area (Å²) in [5, 5.41) is 2.67. The normalized spacial score (nSPS) is 21.9. The van der Waals surface area contributed by atoms with Crippen molar-refractivity contribution in [2.75, 3.05) is 18.4 Å². The minimum absolute atomic E-state index is 0.0121. The largest absolute Gasteiger partial charge is 0.327 e. The van der Waals surface area contributed by atoms with Crippen LogP contribution in [0.4, 0.5) is 5.69 Å². The Kier molecular flexibility index (Phi) is 4.84. The van der Waals surface area contributed by atoms with E-state index in [4.69, 9.17) is 5.73 Å². The molecule has 1 aromatic rings. The fraction of sp³-hybridized carbons (Fsp3) is 0.562. The highest BCUT2D eigenvalue weighted by Crippen LogP contribution is 2.32. The van der Waals surface area contributed by atoms with Crippen LogP contribution in [-0.2, 0) is 14.8 Å². The third kappa shape index (κ3) is 3.73. The molecule has 0 radical (unpaired) electrons. The molecule has 7 heteroatoms. The van der Waals surface area contributed by atoms with E-state index in [2.05, 4.69) is 5.32 Å². The van der Waals surface area contributed by atoms with Gasteiger partial charge in [-0.1, -0.05) is 19.9 Å². The quantitative estimate of drug-likeness (QED) is 0.876. The molecule has 0 aliphatic carbocycles. The minimum Gasteiger partial charge on any atom is -0.327 e. The lowest BCUT2D eigenvalue weighted by atomic mass is 9.81. The van der Waals surface area contributed by atoms with Crippen molar-refractivity contribution in [1.29, 1.82) is 0 Å². The average Bonchev–Trinajstić information content (AvgIpc) is 2.43. The van der Waals surface area contributed by atoms with E-state index in [-0.39, 0.29) is 22.3 Å². The number of aryl methyl sites for hydroxylation is 1. The Hall–Kier alpha value is -1.44. The second-order valence-corrected chi connectivity index (χ2v) is 8.82. The number of piperidine rings is 1. The Morgan fingerprint density at radius 3 is 2.61 bits per heavy atom. The molecule has 1 aliphatic rings. The number of nitrogens with one attached hydrogen (secondary N) is 1. The van der Waals surface area contributed by atoms with Gasteiger partial charge in [0.15, 0.2) is 0 Å². The SMILES string of the molecule is CC(=O)Nc1cc(S(=O)(=O)N2CCC(N)C(C)(C)C2)ccc1C. The Morgan fingerprint density at radius 2 is 2.04 bits per heavy atom. The second kappa shape index (κ2) is 6.22. The Bertz CT molecular complexity index is 713. The topological polar surface area (TPSA) is 92.5 Å². The molecule has 1 fully saturated rings. The Morgan fingerprint density at radius 1 is 1.39 bits per heavy atom. The molecule has 1 unspecified atom stereocenters. The molecule has 3 N–H and O–H groups in total. The highest BCUT2D eigenvalue weighted by molar-refractivity contribution is 7.89. The summed E-state index contributed by atoms with van der Waals surface area (Å²) in [7, 11) is -3.61. The van der Waals surface area contributed by atoms with Gasteiger partial charge < -0.3 is 11.1 Å². The van der Waals surface area contributed by atoms with Gasteiger partial charge in [0, 0.05) is 31.7 Å². The van der Waals surface area contributed by atoms with E-state index in [1.54, 1.807) is 12.1 Å². The minimum atomic E-state index is -3.61. The van der Waals surface area contributed by atoms with Gasteiger partial charge in [-0.3, -0.25) is 4.79 Å². The lowest BCUT2D eigenvalue weighted by Crippen LogP contribution is -2.53. The summed E-state index contributed by atoms with van der Waals surface area (Å²) >= 11 is 0. The Balaban J connectivity index is 2.35. The molecule has 128 valence electrons. The molecular formula is C16H25N3O3S. The number of carbonyl (C=O) groups is 1. The van der Waals surface area contributed by atoms with Gasteiger partial charge in [-0.25, -0.2) is 8.42 Å². The van der Waals surface area contributed by atoms with Gasteiger partial charge in [0.1, 0.15) is 0 Å². The van der Waals surface area contributed by atoms with Gasteiger partial charge in [0.2, 0.25) is 15.9 Å². The molecule has 1 aliphatic heterocycles. The van der Waals surface area contributed by atoms with Crippen LogP contribution < -0.4 is 11.1 Å². The lowest BCUT2D eigenvalue weighted by molar-refractivity contribution is -0.114. The van der Waals surface area contributed by atoms with Gasteiger partial charge >= 0.3 is 0 Å². The predicted molar refractivity (Wildman–Crippen MR) is 90.6 cm³/mol. The van der Waals surface area contributed by atoms with Crippen molar-refractivity contribution >= 4 is 21.6 Å². The van der Waals surface area contributed by atoms with E-state index in [0.29, 0.717) is 25.2 Å². The molecule has 23 heavy (non-hydrogen) atoms. The molecule has 1 atom stereocenters.